The first-order valence-electron chi connectivity index (χ1n) is 4.92. The summed E-state index contributed by atoms with van der Waals surface area (Å²) in [5, 5.41) is 0. The van der Waals surface area contributed by atoms with Gasteiger partial charge in [-0.3, -0.25) is 5.84 Å². The summed E-state index contributed by atoms with van der Waals surface area (Å²) >= 11 is 0. The number of rotatable bonds is 2. The van der Waals surface area contributed by atoms with Crippen molar-refractivity contribution in [2.45, 2.75) is 12.6 Å². The van der Waals surface area contributed by atoms with E-state index in [0.717, 1.165) is 23.5 Å². The summed E-state index contributed by atoms with van der Waals surface area (Å²) in [6, 6.07) is 5.58. The molecule has 1 aromatic rings. The van der Waals surface area contributed by atoms with Gasteiger partial charge in [0, 0.05) is 6.42 Å². The van der Waals surface area contributed by atoms with Gasteiger partial charge in [-0.1, -0.05) is 6.07 Å². The number of hydrazine groups is 1. The van der Waals surface area contributed by atoms with Crippen LogP contribution >= 0.6 is 0 Å². The van der Waals surface area contributed by atoms with Crippen LogP contribution in [0.1, 0.15) is 18.2 Å². The Labute approximate surface area is 88.3 Å². The average Bonchev–Trinajstić information content (AvgIpc) is 2.51. The Morgan fingerprint density at radius 2 is 1.93 bits per heavy atom. The van der Waals surface area contributed by atoms with Crippen molar-refractivity contribution in [2.75, 3.05) is 13.2 Å². The molecule has 1 unspecified atom stereocenters. The highest BCUT2D eigenvalue weighted by atomic mass is 16.5. The third-order valence-corrected chi connectivity index (χ3v) is 2.31. The molecular weight excluding hydrogens is 194 g/mol. The molecule has 1 aliphatic rings. The minimum Gasteiger partial charge on any atom is -0.490 e. The van der Waals surface area contributed by atoms with E-state index in [1.165, 1.54) is 0 Å². The van der Waals surface area contributed by atoms with E-state index in [0.29, 0.717) is 13.2 Å². The smallest absolute Gasteiger partial charge is 0.161 e. The number of hydrogen-bond acceptors (Lipinski definition) is 5. The van der Waals surface area contributed by atoms with Crippen LogP contribution in [0.2, 0.25) is 0 Å². The number of nitrogens with two attached hydrogens (primary N) is 2. The van der Waals surface area contributed by atoms with Gasteiger partial charge >= 0.3 is 0 Å². The number of hydrogen-bond donors (Lipinski definition) is 3. The van der Waals surface area contributed by atoms with E-state index in [9.17, 15) is 0 Å². The van der Waals surface area contributed by atoms with Crippen LogP contribution in [-0.4, -0.2) is 13.2 Å². The third-order valence-electron chi connectivity index (χ3n) is 2.31. The first-order valence-corrected chi connectivity index (χ1v) is 4.92. The van der Waals surface area contributed by atoms with E-state index in [-0.39, 0.29) is 6.17 Å². The number of ether oxygens (including phenoxy) is 2. The molecule has 82 valence electrons. The summed E-state index contributed by atoms with van der Waals surface area (Å²) in [5.74, 6) is 6.76. The Bertz CT molecular complexity index is 343. The number of benzene rings is 1. The molecule has 5 nitrogen and oxygen atoms in total. The predicted octanol–water partition coefficient (Wildman–Crippen LogP) is 0.268. The van der Waals surface area contributed by atoms with E-state index in [1.54, 1.807) is 0 Å². The molecule has 0 saturated heterocycles. The Hall–Kier alpha value is -1.30. The van der Waals surface area contributed by atoms with Crippen LogP contribution in [0.3, 0.4) is 0 Å². The van der Waals surface area contributed by atoms with Crippen molar-refractivity contribution < 1.29 is 9.47 Å². The maximum atomic E-state index is 5.73. The van der Waals surface area contributed by atoms with Crippen molar-refractivity contribution in [1.82, 2.24) is 5.43 Å². The van der Waals surface area contributed by atoms with Crippen molar-refractivity contribution in [3.63, 3.8) is 0 Å². The minimum atomic E-state index is -0.387. The van der Waals surface area contributed by atoms with Crippen LogP contribution in [-0.2, 0) is 0 Å². The van der Waals surface area contributed by atoms with Gasteiger partial charge in [0.15, 0.2) is 11.5 Å². The second-order valence-corrected chi connectivity index (χ2v) is 3.40. The van der Waals surface area contributed by atoms with Crippen LogP contribution < -0.4 is 26.5 Å². The summed E-state index contributed by atoms with van der Waals surface area (Å²) in [6.45, 7) is 1.36. The Kier molecular flexibility index (Phi) is 3.05. The summed E-state index contributed by atoms with van der Waals surface area (Å²) in [5.41, 5.74) is 9.10. The summed E-state index contributed by atoms with van der Waals surface area (Å²) in [7, 11) is 0. The van der Waals surface area contributed by atoms with Crippen molar-refractivity contribution in [3.05, 3.63) is 23.8 Å². The van der Waals surface area contributed by atoms with Gasteiger partial charge < -0.3 is 15.2 Å². The maximum absolute atomic E-state index is 5.73. The SMILES string of the molecule is NNC(N)c1ccc2c(c1)OCCCO2. The molecular formula is C10H15N3O2. The van der Waals surface area contributed by atoms with Gasteiger partial charge in [0.25, 0.3) is 0 Å². The molecule has 0 aliphatic carbocycles. The normalized spacial score (nSPS) is 16.9. The molecule has 2 rings (SSSR count). The monoisotopic (exact) mass is 209 g/mol. The zero-order chi connectivity index (χ0) is 10.7. The molecule has 1 aromatic carbocycles. The van der Waals surface area contributed by atoms with Crippen LogP contribution in [0.25, 0.3) is 0 Å². The van der Waals surface area contributed by atoms with Crippen LogP contribution in [0, 0.1) is 0 Å². The van der Waals surface area contributed by atoms with E-state index >= 15 is 0 Å². The highest BCUT2D eigenvalue weighted by Gasteiger charge is 2.12. The van der Waals surface area contributed by atoms with Crippen molar-refractivity contribution in [2.24, 2.45) is 11.6 Å². The van der Waals surface area contributed by atoms with Gasteiger partial charge in [-0.05, 0) is 17.7 Å². The zero-order valence-corrected chi connectivity index (χ0v) is 8.40. The third kappa shape index (κ3) is 2.20. The molecule has 5 heteroatoms. The zero-order valence-electron chi connectivity index (χ0n) is 8.40. The van der Waals surface area contributed by atoms with Crippen LogP contribution in [0.5, 0.6) is 11.5 Å². The minimum absolute atomic E-state index is 0.387. The topological polar surface area (TPSA) is 82.5 Å². The second-order valence-electron chi connectivity index (χ2n) is 3.40. The first kappa shape index (κ1) is 10.2. The van der Waals surface area contributed by atoms with Gasteiger partial charge in [-0.15, -0.1) is 0 Å². The van der Waals surface area contributed by atoms with E-state index in [2.05, 4.69) is 5.43 Å². The molecule has 0 spiro atoms. The predicted molar refractivity (Wildman–Crippen MR) is 56.3 cm³/mol. The quantitative estimate of drug-likeness (QED) is 0.370. The second kappa shape index (κ2) is 4.48. The fourth-order valence-electron chi connectivity index (χ4n) is 1.47. The largest absolute Gasteiger partial charge is 0.490 e. The summed E-state index contributed by atoms with van der Waals surface area (Å²) in [4.78, 5) is 0. The molecule has 1 atom stereocenters. The summed E-state index contributed by atoms with van der Waals surface area (Å²) in [6.07, 6.45) is 0.507. The van der Waals surface area contributed by atoms with E-state index < -0.39 is 0 Å². The molecule has 15 heavy (non-hydrogen) atoms. The highest BCUT2D eigenvalue weighted by molar-refractivity contribution is 5.44. The highest BCUT2D eigenvalue weighted by Crippen LogP contribution is 2.31. The van der Waals surface area contributed by atoms with Crippen LogP contribution in [0.4, 0.5) is 0 Å². The fraction of sp³-hybridized carbons (Fsp3) is 0.400. The Morgan fingerprint density at radius 1 is 1.20 bits per heavy atom. The molecule has 1 aliphatic heterocycles. The van der Waals surface area contributed by atoms with Crippen molar-refractivity contribution >= 4 is 0 Å². The van der Waals surface area contributed by atoms with Gasteiger partial charge in [-0.25, -0.2) is 5.43 Å². The molecule has 5 N–H and O–H groups in total. The number of fused-ring (bicyclic) bond motifs is 1. The first-order chi connectivity index (χ1) is 7.31. The fourth-order valence-corrected chi connectivity index (χ4v) is 1.47. The lowest BCUT2D eigenvalue weighted by molar-refractivity contribution is 0.297. The Morgan fingerprint density at radius 3 is 2.67 bits per heavy atom. The number of nitrogens with one attached hydrogen (secondary N) is 1. The molecule has 0 bridgehead atoms. The lowest BCUT2D eigenvalue weighted by atomic mass is 10.1. The molecule has 1 heterocycles. The van der Waals surface area contributed by atoms with Gasteiger partial charge in [0.1, 0.15) is 0 Å². The standard InChI is InChI=1S/C10H15N3O2/c11-10(13-12)7-2-3-8-9(6-7)15-5-1-4-14-8/h2-3,6,10,13H,1,4-5,11-12H2. The van der Waals surface area contributed by atoms with Crippen molar-refractivity contribution in [3.8, 4) is 11.5 Å². The van der Waals surface area contributed by atoms with Gasteiger partial charge in [0.05, 0.1) is 19.4 Å². The van der Waals surface area contributed by atoms with Crippen LogP contribution in [0.15, 0.2) is 18.2 Å². The average molecular weight is 209 g/mol. The van der Waals surface area contributed by atoms with E-state index in [4.69, 9.17) is 21.1 Å². The molecule has 0 amide bonds. The lowest BCUT2D eigenvalue weighted by Gasteiger charge is -2.13. The van der Waals surface area contributed by atoms with E-state index in [1.807, 2.05) is 18.2 Å². The van der Waals surface area contributed by atoms with Gasteiger partial charge in [-0.2, -0.15) is 0 Å². The maximum Gasteiger partial charge on any atom is 0.161 e. The van der Waals surface area contributed by atoms with Crippen molar-refractivity contribution in [1.29, 1.82) is 0 Å². The summed E-state index contributed by atoms with van der Waals surface area (Å²) < 4.78 is 11.0. The Balaban J connectivity index is 2.27. The molecule has 0 fully saturated rings. The lowest BCUT2D eigenvalue weighted by Crippen LogP contribution is -2.34. The molecule has 0 saturated carbocycles. The molecule has 0 aromatic heterocycles. The molecule has 0 radical (unpaired) electrons. The van der Waals surface area contributed by atoms with Gasteiger partial charge in [0.2, 0.25) is 0 Å².